The normalized spacial score (nSPS) is 12.5. The molecule has 3 N–H and O–H groups in total. The highest BCUT2D eigenvalue weighted by Crippen LogP contribution is 2.22. The number of aromatic nitrogens is 1. The Morgan fingerprint density at radius 2 is 2.05 bits per heavy atom. The molecule has 4 heteroatoms. The predicted octanol–water partition coefficient (Wildman–Crippen LogP) is 3.76. The SMILES string of the molecule is CCCCCC(Cc1nc(-c2ccccc2)cs1)NN. The van der Waals surface area contributed by atoms with Crippen molar-refractivity contribution in [1.82, 2.24) is 10.4 Å². The van der Waals surface area contributed by atoms with Gasteiger partial charge in [-0.25, -0.2) is 4.98 Å². The van der Waals surface area contributed by atoms with Gasteiger partial charge < -0.3 is 0 Å². The summed E-state index contributed by atoms with van der Waals surface area (Å²) in [5.74, 6) is 5.65. The third kappa shape index (κ3) is 4.40. The Bertz CT molecular complexity index is 495. The zero-order chi connectivity index (χ0) is 14.2. The Labute approximate surface area is 125 Å². The van der Waals surface area contributed by atoms with E-state index >= 15 is 0 Å². The second-order valence-electron chi connectivity index (χ2n) is 5.06. The van der Waals surface area contributed by atoms with Gasteiger partial charge in [-0.15, -0.1) is 11.3 Å². The molecule has 0 saturated heterocycles. The van der Waals surface area contributed by atoms with Crippen LogP contribution in [0.4, 0.5) is 0 Å². The van der Waals surface area contributed by atoms with Gasteiger partial charge in [0.2, 0.25) is 0 Å². The molecule has 0 amide bonds. The molecule has 0 saturated carbocycles. The van der Waals surface area contributed by atoms with Crippen molar-refractivity contribution in [3.8, 4) is 11.3 Å². The van der Waals surface area contributed by atoms with Crippen molar-refractivity contribution in [3.63, 3.8) is 0 Å². The van der Waals surface area contributed by atoms with E-state index in [4.69, 9.17) is 10.8 Å². The molecule has 0 bridgehead atoms. The number of hydrogen-bond acceptors (Lipinski definition) is 4. The lowest BCUT2D eigenvalue weighted by atomic mass is 10.1. The van der Waals surface area contributed by atoms with E-state index in [1.807, 2.05) is 18.2 Å². The zero-order valence-corrected chi connectivity index (χ0v) is 12.8. The minimum absolute atomic E-state index is 0.330. The third-order valence-corrected chi connectivity index (χ3v) is 4.31. The first kappa shape index (κ1) is 15.2. The number of benzene rings is 1. The van der Waals surface area contributed by atoms with E-state index in [-0.39, 0.29) is 0 Å². The summed E-state index contributed by atoms with van der Waals surface area (Å²) >= 11 is 1.72. The molecule has 1 aromatic heterocycles. The number of nitrogens with zero attached hydrogens (tertiary/aromatic N) is 1. The molecule has 2 aromatic rings. The van der Waals surface area contributed by atoms with Crippen LogP contribution < -0.4 is 11.3 Å². The zero-order valence-electron chi connectivity index (χ0n) is 12.0. The van der Waals surface area contributed by atoms with Crippen molar-refractivity contribution < 1.29 is 0 Å². The van der Waals surface area contributed by atoms with Gasteiger partial charge in [-0.1, -0.05) is 56.5 Å². The lowest BCUT2D eigenvalue weighted by molar-refractivity contribution is 0.466. The van der Waals surface area contributed by atoms with Gasteiger partial charge in [-0.2, -0.15) is 0 Å². The Balaban J connectivity index is 1.94. The van der Waals surface area contributed by atoms with Crippen LogP contribution in [0, 0.1) is 0 Å². The fourth-order valence-corrected chi connectivity index (χ4v) is 3.13. The predicted molar refractivity (Wildman–Crippen MR) is 86.5 cm³/mol. The number of unbranched alkanes of at least 4 members (excludes halogenated alkanes) is 2. The Kier molecular flexibility index (Phi) is 6.18. The number of nitrogens with two attached hydrogens (primary N) is 1. The van der Waals surface area contributed by atoms with Crippen molar-refractivity contribution >= 4 is 11.3 Å². The van der Waals surface area contributed by atoms with Crippen LogP contribution in [0.25, 0.3) is 11.3 Å². The van der Waals surface area contributed by atoms with E-state index in [0.29, 0.717) is 6.04 Å². The molecule has 3 nitrogen and oxygen atoms in total. The smallest absolute Gasteiger partial charge is 0.0948 e. The van der Waals surface area contributed by atoms with Crippen LogP contribution >= 0.6 is 11.3 Å². The first-order valence-electron chi connectivity index (χ1n) is 7.29. The van der Waals surface area contributed by atoms with Crippen molar-refractivity contribution in [3.05, 3.63) is 40.7 Å². The maximum absolute atomic E-state index is 5.65. The quantitative estimate of drug-likeness (QED) is 0.442. The van der Waals surface area contributed by atoms with E-state index in [2.05, 4.69) is 29.9 Å². The molecule has 108 valence electrons. The van der Waals surface area contributed by atoms with Crippen molar-refractivity contribution in [2.45, 2.75) is 45.1 Å². The van der Waals surface area contributed by atoms with Crippen molar-refractivity contribution in [1.29, 1.82) is 0 Å². The van der Waals surface area contributed by atoms with Crippen LogP contribution in [-0.4, -0.2) is 11.0 Å². The number of thiazole rings is 1. The first-order valence-corrected chi connectivity index (χ1v) is 8.17. The highest BCUT2D eigenvalue weighted by Gasteiger charge is 2.11. The molecule has 0 fully saturated rings. The molecule has 0 aliphatic heterocycles. The molecule has 1 atom stereocenters. The number of rotatable bonds is 8. The minimum Gasteiger partial charge on any atom is -0.271 e. The second-order valence-corrected chi connectivity index (χ2v) is 6.00. The largest absolute Gasteiger partial charge is 0.271 e. The molecular weight excluding hydrogens is 266 g/mol. The van der Waals surface area contributed by atoms with Crippen LogP contribution in [0.2, 0.25) is 0 Å². The summed E-state index contributed by atoms with van der Waals surface area (Å²) in [7, 11) is 0. The first-order chi connectivity index (χ1) is 9.83. The Morgan fingerprint density at radius 1 is 1.25 bits per heavy atom. The summed E-state index contributed by atoms with van der Waals surface area (Å²) in [6.07, 6.45) is 5.77. The average Bonchev–Trinajstić information content (AvgIpc) is 2.96. The van der Waals surface area contributed by atoms with E-state index in [0.717, 1.165) is 23.5 Å². The summed E-state index contributed by atoms with van der Waals surface area (Å²) in [6, 6.07) is 10.6. The van der Waals surface area contributed by atoms with E-state index in [1.54, 1.807) is 11.3 Å². The highest BCUT2D eigenvalue weighted by atomic mass is 32.1. The second kappa shape index (κ2) is 8.15. The number of hydrogen-bond donors (Lipinski definition) is 2. The van der Waals surface area contributed by atoms with Gasteiger partial charge in [-0.3, -0.25) is 11.3 Å². The summed E-state index contributed by atoms with van der Waals surface area (Å²) in [4.78, 5) is 4.72. The van der Waals surface area contributed by atoms with Crippen LogP contribution in [0.3, 0.4) is 0 Å². The topological polar surface area (TPSA) is 50.9 Å². The van der Waals surface area contributed by atoms with Crippen LogP contribution in [0.15, 0.2) is 35.7 Å². The van der Waals surface area contributed by atoms with E-state index < -0.39 is 0 Å². The van der Waals surface area contributed by atoms with Gasteiger partial charge in [0.1, 0.15) is 0 Å². The van der Waals surface area contributed by atoms with Gasteiger partial charge in [0.05, 0.1) is 10.7 Å². The van der Waals surface area contributed by atoms with Gasteiger partial charge in [-0.05, 0) is 6.42 Å². The highest BCUT2D eigenvalue weighted by molar-refractivity contribution is 7.09. The monoisotopic (exact) mass is 289 g/mol. The van der Waals surface area contributed by atoms with Gasteiger partial charge in [0.25, 0.3) is 0 Å². The van der Waals surface area contributed by atoms with Gasteiger partial charge in [0, 0.05) is 23.4 Å². The van der Waals surface area contributed by atoms with E-state index in [9.17, 15) is 0 Å². The lowest BCUT2D eigenvalue weighted by Gasteiger charge is -2.13. The Hall–Kier alpha value is -1.23. The fraction of sp³-hybridized carbons (Fsp3) is 0.438. The van der Waals surface area contributed by atoms with E-state index in [1.165, 1.54) is 24.8 Å². The molecule has 1 unspecified atom stereocenters. The van der Waals surface area contributed by atoms with Crippen LogP contribution in [-0.2, 0) is 6.42 Å². The summed E-state index contributed by atoms with van der Waals surface area (Å²) in [5.41, 5.74) is 5.17. The average molecular weight is 289 g/mol. The summed E-state index contributed by atoms with van der Waals surface area (Å²) < 4.78 is 0. The van der Waals surface area contributed by atoms with Crippen LogP contribution in [0.5, 0.6) is 0 Å². The molecule has 2 rings (SSSR count). The van der Waals surface area contributed by atoms with Crippen molar-refractivity contribution in [2.24, 2.45) is 5.84 Å². The molecule has 0 radical (unpaired) electrons. The van der Waals surface area contributed by atoms with Gasteiger partial charge in [0.15, 0.2) is 0 Å². The lowest BCUT2D eigenvalue weighted by Crippen LogP contribution is -2.36. The molecule has 0 spiro atoms. The standard InChI is InChI=1S/C16H23N3S/c1-2-3-5-10-14(19-17)11-16-18-15(12-20-16)13-8-6-4-7-9-13/h4,6-9,12,14,19H,2-3,5,10-11,17H2,1H3. The molecule has 1 heterocycles. The van der Waals surface area contributed by atoms with Crippen LogP contribution in [0.1, 0.15) is 37.6 Å². The molecule has 20 heavy (non-hydrogen) atoms. The summed E-state index contributed by atoms with van der Waals surface area (Å²) in [6.45, 7) is 2.22. The molecule has 0 aliphatic carbocycles. The minimum atomic E-state index is 0.330. The number of hydrazine groups is 1. The maximum atomic E-state index is 5.65. The Morgan fingerprint density at radius 3 is 2.75 bits per heavy atom. The molecule has 0 aliphatic rings. The van der Waals surface area contributed by atoms with Crippen molar-refractivity contribution in [2.75, 3.05) is 0 Å². The summed E-state index contributed by atoms with van der Waals surface area (Å²) in [5, 5.41) is 3.29. The third-order valence-electron chi connectivity index (χ3n) is 3.43. The van der Waals surface area contributed by atoms with Gasteiger partial charge >= 0.3 is 0 Å². The number of nitrogens with one attached hydrogen (secondary N) is 1. The fourth-order valence-electron chi connectivity index (χ4n) is 2.24. The molecule has 1 aromatic carbocycles. The maximum Gasteiger partial charge on any atom is 0.0948 e. The molecular formula is C16H23N3S.